The van der Waals surface area contributed by atoms with E-state index >= 15 is 0 Å². The number of carboxylic acid groups (broad SMARTS) is 1. The molecule has 0 radical (unpaired) electrons. The number of carbonyl (C=O) groups excluding carboxylic acids is 1. The smallest absolute Gasteiger partial charge is 0.354 e. The summed E-state index contributed by atoms with van der Waals surface area (Å²) in [7, 11) is 0. The van der Waals surface area contributed by atoms with Crippen LogP contribution in [-0.2, 0) is 0 Å². The molecule has 0 fully saturated rings. The van der Waals surface area contributed by atoms with Gasteiger partial charge in [-0.15, -0.1) is 0 Å². The number of aromatic amines is 2. The van der Waals surface area contributed by atoms with E-state index in [0.717, 1.165) is 0 Å². The molecular weight excluding hydrogens is 282 g/mol. The van der Waals surface area contributed by atoms with Crippen LogP contribution in [0.25, 0.3) is 10.9 Å². The molecule has 3 aromatic rings. The van der Waals surface area contributed by atoms with E-state index in [-0.39, 0.29) is 11.4 Å². The first-order valence-corrected chi connectivity index (χ1v) is 6.03. The van der Waals surface area contributed by atoms with Crippen molar-refractivity contribution in [2.45, 2.75) is 0 Å². The average Bonchev–Trinajstić information content (AvgIpc) is 3.03. The van der Waals surface area contributed by atoms with E-state index in [1.165, 1.54) is 12.5 Å². The van der Waals surface area contributed by atoms with Crippen molar-refractivity contribution < 1.29 is 14.7 Å². The number of nitrogens with one attached hydrogen (secondary N) is 2. The van der Waals surface area contributed by atoms with Gasteiger partial charge in [0, 0.05) is 27.7 Å². The normalized spacial score (nSPS) is 10.8. The van der Waals surface area contributed by atoms with Gasteiger partial charge in [-0.25, -0.2) is 9.78 Å². The van der Waals surface area contributed by atoms with Crippen LogP contribution in [0.3, 0.4) is 0 Å². The largest absolute Gasteiger partial charge is 0.477 e. The van der Waals surface area contributed by atoms with E-state index in [2.05, 4.69) is 15.0 Å². The second-order valence-corrected chi connectivity index (χ2v) is 4.59. The van der Waals surface area contributed by atoms with Crippen LogP contribution in [0.4, 0.5) is 0 Å². The second-order valence-electron chi connectivity index (χ2n) is 4.15. The zero-order valence-corrected chi connectivity index (χ0v) is 10.7. The fraction of sp³-hybridized carbons (Fsp3) is 0. The number of fused-ring (bicyclic) bond motifs is 1. The molecule has 7 heteroatoms. The lowest BCUT2D eigenvalue weighted by molar-refractivity contribution is 0.0687. The molecule has 6 nitrogen and oxygen atoms in total. The highest BCUT2D eigenvalue weighted by Gasteiger charge is 2.23. The Morgan fingerprint density at radius 2 is 2.05 bits per heavy atom. The van der Waals surface area contributed by atoms with Crippen molar-refractivity contribution in [3.63, 3.8) is 0 Å². The molecule has 0 saturated heterocycles. The van der Waals surface area contributed by atoms with Crippen LogP contribution in [-0.4, -0.2) is 31.8 Å². The summed E-state index contributed by atoms with van der Waals surface area (Å²) in [5, 5.41) is 10.2. The Hall–Kier alpha value is -2.60. The number of benzene rings is 1. The van der Waals surface area contributed by atoms with Crippen molar-refractivity contribution in [1.29, 1.82) is 0 Å². The van der Waals surface area contributed by atoms with Crippen molar-refractivity contribution in [1.82, 2.24) is 15.0 Å². The molecule has 0 bridgehead atoms. The molecule has 0 aliphatic carbocycles. The SMILES string of the molecule is O=C(O)c1[nH]cnc1C(=O)c1c[nH]c2cc(Cl)ccc12. The van der Waals surface area contributed by atoms with Crippen LogP contribution in [0.5, 0.6) is 0 Å². The van der Waals surface area contributed by atoms with E-state index in [1.807, 2.05) is 0 Å². The monoisotopic (exact) mass is 289 g/mol. The van der Waals surface area contributed by atoms with Crippen molar-refractivity contribution in [3.05, 3.63) is 52.7 Å². The molecule has 0 aliphatic heterocycles. The molecular formula is C13H8ClN3O3. The minimum absolute atomic E-state index is 0.117. The number of hydrogen-bond donors (Lipinski definition) is 3. The predicted octanol–water partition coefficient (Wildman–Crippen LogP) is 2.47. The van der Waals surface area contributed by atoms with Gasteiger partial charge in [-0.3, -0.25) is 4.79 Å². The summed E-state index contributed by atoms with van der Waals surface area (Å²) in [5.74, 6) is -1.69. The van der Waals surface area contributed by atoms with E-state index in [4.69, 9.17) is 16.7 Å². The number of carboxylic acids is 1. The number of nitrogens with zero attached hydrogens (tertiary/aromatic N) is 1. The second kappa shape index (κ2) is 4.50. The lowest BCUT2D eigenvalue weighted by Crippen LogP contribution is -2.09. The molecule has 2 heterocycles. The first-order chi connectivity index (χ1) is 9.58. The van der Waals surface area contributed by atoms with Gasteiger partial charge in [0.05, 0.1) is 6.33 Å². The maximum atomic E-state index is 12.4. The van der Waals surface area contributed by atoms with Crippen molar-refractivity contribution in [2.24, 2.45) is 0 Å². The zero-order chi connectivity index (χ0) is 14.3. The molecule has 0 spiro atoms. The third-order valence-electron chi connectivity index (χ3n) is 2.96. The van der Waals surface area contributed by atoms with E-state index in [0.29, 0.717) is 21.5 Å². The molecule has 0 atom stereocenters. The number of halogens is 1. The van der Waals surface area contributed by atoms with Crippen molar-refractivity contribution >= 4 is 34.3 Å². The Morgan fingerprint density at radius 1 is 1.25 bits per heavy atom. The summed E-state index contributed by atoms with van der Waals surface area (Å²) in [6.07, 6.45) is 2.70. The number of rotatable bonds is 3. The van der Waals surface area contributed by atoms with Gasteiger partial charge in [-0.2, -0.15) is 0 Å². The van der Waals surface area contributed by atoms with Gasteiger partial charge in [0.15, 0.2) is 5.69 Å². The number of imidazole rings is 1. The summed E-state index contributed by atoms with van der Waals surface area (Å²) < 4.78 is 0. The molecule has 3 N–H and O–H groups in total. The third-order valence-corrected chi connectivity index (χ3v) is 3.19. The summed E-state index contributed by atoms with van der Waals surface area (Å²) >= 11 is 5.87. The quantitative estimate of drug-likeness (QED) is 0.645. The van der Waals surface area contributed by atoms with Crippen molar-refractivity contribution in [2.75, 3.05) is 0 Å². The topological polar surface area (TPSA) is 98.8 Å². The Labute approximate surface area is 117 Å². The summed E-state index contributed by atoms with van der Waals surface area (Å²) in [6, 6.07) is 5.06. The molecule has 2 aromatic heterocycles. The number of H-pyrrole nitrogens is 2. The highest BCUT2D eigenvalue weighted by Crippen LogP contribution is 2.24. The molecule has 20 heavy (non-hydrogen) atoms. The van der Waals surface area contributed by atoms with Gasteiger partial charge in [-0.05, 0) is 12.1 Å². The number of ketones is 1. The fourth-order valence-corrected chi connectivity index (χ4v) is 2.22. The zero-order valence-electron chi connectivity index (χ0n) is 9.98. The average molecular weight is 290 g/mol. The highest BCUT2D eigenvalue weighted by molar-refractivity contribution is 6.31. The maximum Gasteiger partial charge on any atom is 0.354 e. The molecule has 0 unspecified atom stereocenters. The fourth-order valence-electron chi connectivity index (χ4n) is 2.04. The van der Waals surface area contributed by atoms with E-state index in [9.17, 15) is 9.59 Å². The van der Waals surface area contributed by atoms with Gasteiger partial charge >= 0.3 is 5.97 Å². The summed E-state index contributed by atoms with van der Waals surface area (Å²) in [6.45, 7) is 0. The van der Waals surface area contributed by atoms with Crippen LogP contribution in [0.15, 0.2) is 30.7 Å². The van der Waals surface area contributed by atoms with Gasteiger partial charge in [0.1, 0.15) is 5.69 Å². The molecule has 0 saturated carbocycles. The Bertz CT molecular complexity index is 834. The number of hydrogen-bond acceptors (Lipinski definition) is 3. The minimum Gasteiger partial charge on any atom is -0.477 e. The van der Waals surface area contributed by atoms with Crippen LogP contribution in [0.2, 0.25) is 5.02 Å². The first kappa shape index (κ1) is 12.4. The third kappa shape index (κ3) is 1.86. The first-order valence-electron chi connectivity index (χ1n) is 5.66. The van der Waals surface area contributed by atoms with Crippen LogP contribution >= 0.6 is 11.6 Å². The van der Waals surface area contributed by atoms with Gasteiger partial charge in [-0.1, -0.05) is 17.7 Å². The van der Waals surface area contributed by atoms with Crippen molar-refractivity contribution in [3.8, 4) is 0 Å². The lowest BCUT2D eigenvalue weighted by atomic mass is 10.1. The summed E-state index contributed by atoms with van der Waals surface area (Å²) in [4.78, 5) is 32.6. The van der Waals surface area contributed by atoms with Gasteiger partial charge in [0.25, 0.3) is 0 Å². The number of aromatic nitrogens is 3. The molecule has 100 valence electrons. The van der Waals surface area contributed by atoms with E-state index in [1.54, 1.807) is 18.2 Å². The molecule has 0 aliphatic rings. The Balaban J connectivity index is 2.13. The number of aromatic carboxylic acids is 1. The lowest BCUT2D eigenvalue weighted by Gasteiger charge is -1.98. The van der Waals surface area contributed by atoms with Crippen LogP contribution in [0, 0.1) is 0 Å². The Kier molecular flexibility index (Phi) is 2.80. The molecule has 0 amide bonds. The predicted molar refractivity (Wildman–Crippen MR) is 72.3 cm³/mol. The minimum atomic E-state index is -1.23. The van der Waals surface area contributed by atoms with E-state index < -0.39 is 11.8 Å². The molecule has 3 rings (SSSR count). The standard InChI is InChI=1S/C13H8ClN3O3/c14-6-1-2-7-8(4-15-9(7)3-6)12(18)10-11(13(19)20)17-5-16-10/h1-5,15H,(H,16,17)(H,19,20). The number of carbonyl (C=O) groups is 2. The maximum absolute atomic E-state index is 12.4. The summed E-state index contributed by atoms with van der Waals surface area (Å²) in [5.41, 5.74) is 0.714. The van der Waals surface area contributed by atoms with Crippen LogP contribution < -0.4 is 0 Å². The van der Waals surface area contributed by atoms with Gasteiger partial charge in [0.2, 0.25) is 5.78 Å². The Morgan fingerprint density at radius 3 is 2.80 bits per heavy atom. The van der Waals surface area contributed by atoms with Gasteiger partial charge < -0.3 is 15.1 Å². The highest BCUT2D eigenvalue weighted by atomic mass is 35.5. The van der Waals surface area contributed by atoms with Crippen LogP contribution in [0.1, 0.15) is 26.5 Å². The molecule has 1 aromatic carbocycles.